The Morgan fingerprint density at radius 1 is 1.10 bits per heavy atom. The molecule has 4 rings (SSSR count). The molecule has 0 fully saturated rings. The van der Waals surface area contributed by atoms with Crippen LogP contribution in [0, 0.1) is 11.3 Å². The van der Waals surface area contributed by atoms with Gasteiger partial charge in [0.15, 0.2) is 11.5 Å². The van der Waals surface area contributed by atoms with E-state index in [0.717, 1.165) is 26.6 Å². The van der Waals surface area contributed by atoms with Crippen molar-refractivity contribution >= 4 is 38.6 Å². The molecule has 0 aliphatic carbocycles. The summed E-state index contributed by atoms with van der Waals surface area (Å²) in [4.78, 5) is 7.73. The molecular formula is C25H20BrN3O2. The van der Waals surface area contributed by atoms with E-state index >= 15 is 0 Å². The maximum Gasteiger partial charge on any atom is 0.175 e. The molecule has 0 saturated carbocycles. The second-order valence-corrected chi connectivity index (χ2v) is 7.66. The van der Waals surface area contributed by atoms with Gasteiger partial charge in [0.05, 0.1) is 27.7 Å². The van der Waals surface area contributed by atoms with E-state index in [1.165, 1.54) is 0 Å². The molecule has 6 heteroatoms. The van der Waals surface area contributed by atoms with Gasteiger partial charge in [-0.2, -0.15) is 5.26 Å². The number of para-hydroxylation sites is 2. The lowest BCUT2D eigenvalue weighted by Crippen LogP contribution is -2.01. The zero-order valence-electron chi connectivity index (χ0n) is 16.9. The molecule has 1 aromatic heterocycles. The summed E-state index contributed by atoms with van der Waals surface area (Å²) in [5.41, 5.74) is 4.01. The van der Waals surface area contributed by atoms with Crippen LogP contribution in [0.3, 0.4) is 0 Å². The van der Waals surface area contributed by atoms with Gasteiger partial charge < -0.3 is 14.5 Å². The third-order valence-corrected chi connectivity index (χ3v) is 5.22. The summed E-state index contributed by atoms with van der Waals surface area (Å²) in [6.07, 6.45) is 1.78. The van der Waals surface area contributed by atoms with E-state index in [-0.39, 0.29) is 0 Å². The maximum atomic E-state index is 9.73. The number of hydrogen-bond acceptors (Lipinski definition) is 4. The van der Waals surface area contributed by atoms with Gasteiger partial charge in [-0.05, 0) is 64.3 Å². The first kappa shape index (κ1) is 20.7. The van der Waals surface area contributed by atoms with E-state index in [0.29, 0.717) is 36.1 Å². The number of imidazole rings is 1. The van der Waals surface area contributed by atoms with Crippen LogP contribution in [0.2, 0.25) is 0 Å². The van der Waals surface area contributed by atoms with Gasteiger partial charge in [-0.3, -0.25) is 0 Å². The van der Waals surface area contributed by atoms with Gasteiger partial charge in [-0.15, -0.1) is 0 Å². The molecule has 4 aromatic rings. The number of fused-ring (bicyclic) bond motifs is 1. The van der Waals surface area contributed by atoms with Crippen molar-refractivity contribution in [2.24, 2.45) is 0 Å². The second kappa shape index (κ2) is 9.50. The predicted octanol–water partition coefficient (Wildman–Crippen LogP) is 6.37. The van der Waals surface area contributed by atoms with E-state index in [2.05, 4.69) is 32.0 Å². The SMILES string of the molecule is CCOc1cc(C=C(C#N)c2nc3ccccc3[nH]2)cc(Br)c1OCc1ccccc1. The average Bonchev–Trinajstić information content (AvgIpc) is 3.22. The van der Waals surface area contributed by atoms with Gasteiger partial charge in [0.2, 0.25) is 0 Å². The minimum Gasteiger partial charge on any atom is -0.490 e. The number of halogens is 1. The molecule has 0 spiro atoms. The molecule has 3 aromatic carbocycles. The smallest absolute Gasteiger partial charge is 0.175 e. The first-order valence-electron chi connectivity index (χ1n) is 9.88. The summed E-state index contributed by atoms with van der Waals surface area (Å²) >= 11 is 3.60. The minimum atomic E-state index is 0.428. The Kier molecular flexibility index (Phi) is 6.34. The summed E-state index contributed by atoms with van der Waals surface area (Å²) in [7, 11) is 0. The summed E-state index contributed by atoms with van der Waals surface area (Å²) in [5, 5.41) is 9.73. The van der Waals surface area contributed by atoms with Crippen LogP contribution in [0.15, 0.2) is 71.2 Å². The van der Waals surface area contributed by atoms with Gasteiger partial charge in [0.1, 0.15) is 18.5 Å². The van der Waals surface area contributed by atoms with Crippen molar-refractivity contribution in [2.45, 2.75) is 13.5 Å². The van der Waals surface area contributed by atoms with Gasteiger partial charge in [-0.25, -0.2) is 4.98 Å². The Morgan fingerprint density at radius 3 is 2.61 bits per heavy atom. The molecule has 0 aliphatic heterocycles. The first-order chi connectivity index (χ1) is 15.2. The molecule has 31 heavy (non-hydrogen) atoms. The Morgan fingerprint density at radius 2 is 1.87 bits per heavy atom. The Balaban J connectivity index is 1.66. The number of allylic oxidation sites excluding steroid dienone is 1. The first-order valence-corrected chi connectivity index (χ1v) is 10.7. The molecule has 0 atom stereocenters. The normalized spacial score (nSPS) is 11.3. The number of benzene rings is 3. The van der Waals surface area contributed by atoms with Crippen LogP contribution in [0.1, 0.15) is 23.9 Å². The molecule has 0 unspecified atom stereocenters. The van der Waals surface area contributed by atoms with E-state index in [9.17, 15) is 5.26 Å². The molecule has 0 aliphatic rings. The second-order valence-electron chi connectivity index (χ2n) is 6.81. The zero-order valence-corrected chi connectivity index (χ0v) is 18.5. The molecular weight excluding hydrogens is 454 g/mol. The van der Waals surface area contributed by atoms with Crippen LogP contribution in [-0.2, 0) is 6.61 Å². The Labute approximate surface area is 189 Å². The van der Waals surface area contributed by atoms with E-state index in [4.69, 9.17) is 9.47 Å². The third kappa shape index (κ3) is 4.79. The number of nitrogens with zero attached hydrogens (tertiary/aromatic N) is 2. The van der Waals surface area contributed by atoms with Crippen molar-refractivity contribution in [2.75, 3.05) is 6.61 Å². The number of aromatic nitrogens is 2. The zero-order chi connectivity index (χ0) is 21.6. The van der Waals surface area contributed by atoms with Gasteiger partial charge in [0.25, 0.3) is 0 Å². The molecule has 1 heterocycles. The summed E-state index contributed by atoms with van der Waals surface area (Å²) in [6.45, 7) is 2.85. The van der Waals surface area contributed by atoms with Crippen LogP contribution >= 0.6 is 15.9 Å². The molecule has 154 valence electrons. The highest BCUT2D eigenvalue weighted by atomic mass is 79.9. The van der Waals surface area contributed by atoms with Crippen LogP contribution in [0.5, 0.6) is 11.5 Å². The van der Waals surface area contributed by atoms with Crippen molar-refractivity contribution in [1.82, 2.24) is 9.97 Å². The fourth-order valence-electron chi connectivity index (χ4n) is 3.20. The number of aromatic amines is 1. The van der Waals surface area contributed by atoms with Crippen molar-refractivity contribution in [3.05, 3.63) is 88.2 Å². The average molecular weight is 474 g/mol. The summed E-state index contributed by atoms with van der Waals surface area (Å²) < 4.78 is 12.6. The number of H-pyrrole nitrogens is 1. The maximum absolute atomic E-state index is 9.73. The number of nitrogens with one attached hydrogen (secondary N) is 1. The Bertz CT molecular complexity index is 1240. The summed E-state index contributed by atoms with van der Waals surface area (Å²) in [6, 6.07) is 23.7. The predicted molar refractivity (Wildman–Crippen MR) is 126 cm³/mol. The molecule has 0 amide bonds. The highest BCUT2D eigenvalue weighted by Crippen LogP contribution is 2.38. The van der Waals surface area contributed by atoms with Crippen molar-refractivity contribution in [3.63, 3.8) is 0 Å². The van der Waals surface area contributed by atoms with Crippen LogP contribution in [-0.4, -0.2) is 16.6 Å². The number of nitriles is 1. The Hall–Kier alpha value is -3.56. The van der Waals surface area contributed by atoms with Gasteiger partial charge in [0, 0.05) is 0 Å². The number of rotatable bonds is 7. The lowest BCUT2D eigenvalue weighted by Gasteiger charge is -2.15. The van der Waals surface area contributed by atoms with Gasteiger partial charge >= 0.3 is 0 Å². The van der Waals surface area contributed by atoms with Crippen molar-refractivity contribution in [3.8, 4) is 17.6 Å². The van der Waals surface area contributed by atoms with Crippen LogP contribution in [0.25, 0.3) is 22.7 Å². The van der Waals surface area contributed by atoms with Gasteiger partial charge in [-0.1, -0.05) is 42.5 Å². The van der Waals surface area contributed by atoms with Crippen molar-refractivity contribution < 1.29 is 9.47 Å². The fourth-order valence-corrected chi connectivity index (χ4v) is 3.78. The number of hydrogen-bond donors (Lipinski definition) is 1. The van der Waals surface area contributed by atoms with E-state index in [1.807, 2.05) is 73.7 Å². The fraction of sp³-hybridized carbons (Fsp3) is 0.120. The lowest BCUT2D eigenvalue weighted by atomic mass is 10.1. The monoisotopic (exact) mass is 473 g/mol. The third-order valence-electron chi connectivity index (χ3n) is 4.63. The number of ether oxygens (including phenoxy) is 2. The van der Waals surface area contributed by atoms with E-state index in [1.54, 1.807) is 6.08 Å². The molecule has 1 N–H and O–H groups in total. The molecule has 5 nitrogen and oxygen atoms in total. The highest BCUT2D eigenvalue weighted by molar-refractivity contribution is 9.10. The standard InChI is InChI=1S/C25H20BrN3O2/c1-2-30-23-14-18(13-20(26)24(23)31-16-17-8-4-3-5-9-17)12-19(15-27)25-28-21-10-6-7-11-22(21)29-25/h3-14H,2,16H2,1H3,(H,28,29). The van der Waals surface area contributed by atoms with Crippen molar-refractivity contribution in [1.29, 1.82) is 5.26 Å². The largest absolute Gasteiger partial charge is 0.490 e. The minimum absolute atomic E-state index is 0.428. The van der Waals surface area contributed by atoms with Crippen LogP contribution in [0.4, 0.5) is 0 Å². The van der Waals surface area contributed by atoms with Crippen LogP contribution < -0.4 is 9.47 Å². The molecule has 0 bridgehead atoms. The highest BCUT2D eigenvalue weighted by Gasteiger charge is 2.14. The molecule has 0 radical (unpaired) electrons. The van der Waals surface area contributed by atoms with E-state index < -0.39 is 0 Å². The quantitative estimate of drug-likeness (QED) is 0.316. The lowest BCUT2D eigenvalue weighted by molar-refractivity contribution is 0.267. The topological polar surface area (TPSA) is 70.9 Å². The molecule has 0 saturated heterocycles. The summed E-state index contributed by atoms with van der Waals surface area (Å²) in [5.74, 6) is 1.77.